The first-order valence-electron chi connectivity index (χ1n) is 7.57. The minimum atomic E-state index is 0.341. The minimum Gasteiger partial charge on any atom is -0.486 e. The van der Waals surface area contributed by atoms with Crippen LogP contribution in [0.3, 0.4) is 0 Å². The molecule has 2 aromatic heterocycles. The van der Waals surface area contributed by atoms with Gasteiger partial charge in [0.25, 0.3) is 0 Å². The van der Waals surface area contributed by atoms with E-state index < -0.39 is 0 Å². The molecule has 3 aromatic rings. The van der Waals surface area contributed by atoms with Crippen molar-refractivity contribution < 1.29 is 4.74 Å². The highest BCUT2D eigenvalue weighted by atomic mass is 32.1. The number of benzene rings is 1. The van der Waals surface area contributed by atoms with E-state index in [0.717, 1.165) is 21.8 Å². The third-order valence-electron chi connectivity index (χ3n) is 3.62. The second-order valence-electron chi connectivity index (χ2n) is 5.27. The fourth-order valence-electron chi connectivity index (χ4n) is 2.34. The molecule has 0 radical (unpaired) electrons. The van der Waals surface area contributed by atoms with Crippen molar-refractivity contribution >= 4 is 27.4 Å². The Balaban J connectivity index is 1.91. The molecule has 3 N–H and O–H groups in total. The zero-order valence-corrected chi connectivity index (χ0v) is 14.1. The molecule has 0 spiro atoms. The fourth-order valence-corrected chi connectivity index (χ4v) is 3.39. The number of nitrogens with two attached hydrogens (primary N) is 1. The Morgan fingerprint density at radius 2 is 1.96 bits per heavy atom. The quantitative estimate of drug-likeness (QED) is 0.726. The number of rotatable bonds is 6. The monoisotopic (exact) mass is 328 g/mol. The summed E-state index contributed by atoms with van der Waals surface area (Å²) in [6.07, 6.45) is 0. The van der Waals surface area contributed by atoms with Crippen molar-refractivity contribution in [1.29, 1.82) is 0 Å². The van der Waals surface area contributed by atoms with E-state index >= 15 is 0 Å². The number of aryl methyl sites for hydroxylation is 2. The standard InChI is InChI=1S/C17H20N4OS/c1-11-12(2)23-17-15(11)16(19-9-8-18)20-14(21-17)10-22-13-6-4-3-5-7-13/h3-7H,8-10,18H2,1-2H3,(H,19,20,21). The van der Waals surface area contributed by atoms with Gasteiger partial charge in [0.05, 0.1) is 5.39 Å². The highest BCUT2D eigenvalue weighted by Crippen LogP contribution is 2.33. The minimum absolute atomic E-state index is 0.341. The number of aromatic nitrogens is 2. The van der Waals surface area contributed by atoms with Gasteiger partial charge in [-0.2, -0.15) is 0 Å². The molecule has 0 unspecified atom stereocenters. The SMILES string of the molecule is Cc1sc2nc(COc3ccccc3)nc(NCCN)c2c1C. The van der Waals surface area contributed by atoms with Gasteiger partial charge >= 0.3 is 0 Å². The molecule has 0 atom stereocenters. The molecule has 0 saturated heterocycles. The topological polar surface area (TPSA) is 73.1 Å². The van der Waals surface area contributed by atoms with Crippen LogP contribution in [0.5, 0.6) is 5.75 Å². The first kappa shape index (κ1) is 15.7. The van der Waals surface area contributed by atoms with Crippen molar-refractivity contribution in [2.24, 2.45) is 5.73 Å². The van der Waals surface area contributed by atoms with E-state index in [4.69, 9.17) is 10.5 Å². The second kappa shape index (κ2) is 6.93. The summed E-state index contributed by atoms with van der Waals surface area (Å²) in [5.74, 6) is 2.32. The van der Waals surface area contributed by atoms with Gasteiger partial charge in [-0.25, -0.2) is 9.97 Å². The Morgan fingerprint density at radius 3 is 2.70 bits per heavy atom. The summed E-state index contributed by atoms with van der Waals surface area (Å²) in [7, 11) is 0. The second-order valence-corrected chi connectivity index (χ2v) is 6.47. The molecule has 6 heteroatoms. The number of nitrogens with one attached hydrogen (secondary N) is 1. The van der Waals surface area contributed by atoms with Gasteiger partial charge in [-0.3, -0.25) is 0 Å². The molecule has 2 heterocycles. The normalized spacial score (nSPS) is 10.9. The third-order valence-corrected chi connectivity index (χ3v) is 4.72. The molecule has 0 bridgehead atoms. The molecule has 0 saturated carbocycles. The summed E-state index contributed by atoms with van der Waals surface area (Å²) in [4.78, 5) is 11.5. The molecule has 23 heavy (non-hydrogen) atoms. The van der Waals surface area contributed by atoms with Crippen LogP contribution < -0.4 is 15.8 Å². The van der Waals surface area contributed by atoms with E-state index in [2.05, 4.69) is 29.1 Å². The van der Waals surface area contributed by atoms with Crippen molar-refractivity contribution in [3.8, 4) is 5.75 Å². The van der Waals surface area contributed by atoms with Gasteiger partial charge in [-0.15, -0.1) is 11.3 Å². The lowest BCUT2D eigenvalue weighted by Crippen LogP contribution is -2.15. The van der Waals surface area contributed by atoms with Crippen LogP contribution in [0, 0.1) is 13.8 Å². The van der Waals surface area contributed by atoms with Gasteiger partial charge in [0, 0.05) is 18.0 Å². The maximum atomic E-state index is 5.76. The molecule has 120 valence electrons. The molecular weight excluding hydrogens is 308 g/mol. The summed E-state index contributed by atoms with van der Waals surface area (Å²) in [6, 6.07) is 9.69. The van der Waals surface area contributed by atoms with E-state index in [1.807, 2.05) is 30.3 Å². The maximum Gasteiger partial charge on any atom is 0.169 e. The summed E-state index contributed by atoms with van der Waals surface area (Å²) in [5, 5.41) is 4.39. The van der Waals surface area contributed by atoms with E-state index in [1.165, 1.54) is 10.4 Å². The van der Waals surface area contributed by atoms with E-state index in [-0.39, 0.29) is 0 Å². The number of ether oxygens (including phenoxy) is 1. The number of thiophene rings is 1. The Hall–Kier alpha value is -2.18. The molecule has 0 aliphatic carbocycles. The van der Waals surface area contributed by atoms with Crippen LogP contribution in [0.25, 0.3) is 10.2 Å². The van der Waals surface area contributed by atoms with Gasteiger partial charge in [0.1, 0.15) is 23.0 Å². The summed E-state index contributed by atoms with van der Waals surface area (Å²) in [6.45, 7) is 5.79. The van der Waals surface area contributed by atoms with E-state index in [9.17, 15) is 0 Å². The lowest BCUT2D eigenvalue weighted by molar-refractivity contribution is 0.296. The van der Waals surface area contributed by atoms with Crippen molar-refractivity contribution in [1.82, 2.24) is 9.97 Å². The number of hydrogen-bond donors (Lipinski definition) is 2. The first-order chi connectivity index (χ1) is 11.2. The van der Waals surface area contributed by atoms with Gasteiger partial charge in [-0.05, 0) is 31.5 Å². The first-order valence-corrected chi connectivity index (χ1v) is 8.39. The summed E-state index contributed by atoms with van der Waals surface area (Å²) in [5.41, 5.74) is 6.83. The Labute approximate surface area is 139 Å². The van der Waals surface area contributed by atoms with Crippen LogP contribution in [0.4, 0.5) is 5.82 Å². The third kappa shape index (κ3) is 3.43. The van der Waals surface area contributed by atoms with Crippen molar-refractivity contribution in [3.05, 3.63) is 46.6 Å². The molecular formula is C17H20N4OS. The van der Waals surface area contributed by atoms with Crippen LogP contribution in [0.15, 0.2) is 30.3 Å². The Kier molecular flexibility index (Phi) is 4.73. The highest BCUT2D eigenvalue weighted by molar-refractivity contribution is 7.18. The van der Waals surface area contributed by atoms with Gasteiger partial charge in [0.15, 0.2) is 5.82 Å². The number of nitrogens with zero attached hydrogens (tertiary/aromatic N) is 2. The van der Waals surface area contributed by atoms with Crippen molar-refractivity contribution in [2.45, 2.75) is 20.5 Å². The summed E-state index contributed by atoms with van der Waals surface area (Å²) < 4.78 is 5.76. The highest BCUT2D eigenvalue weighted by Gasteiger charge is 2.14. The van der Waals surface area contributed by atoms with E-state index in [1.54, 1.807) is 11.3 Å². The molecule has 0 aliphatic heterocycles. The van der Waals surface area contributed by atoms with Crippen molar-refractivity contribution in [3.63, 3.8) is 0 Å². The molecule has 0 fully saturated rings. The lowest BCUT2D eigenvalue weighted by atomic mass is 10.2. The van der Waals surface area contributed by atoms with Crippen LogP contribution in [-0.2, 0) is 6.61 Å². The van der Waals surface area contributed by atoms with Crippen molar-refractivity contribution in [2.75, 3.05) is 18.4 Å². The smallest absolute Gasteiger partial charge is 0.169 e. The van der Waals surface area contributed by atoms with Crippen LogP contribution in [0.1, 0.15) is 16.3 Å². The van der Waals surface area contributed by atoms with Gasteiger partial charge in [-0.1, -0.05) is 18.2 Å². The van der Waals surface area contributed by atoms with Crippen LogP contribution >= 0.6 is 11.3 Å². The number of anilines is 1. The number of fused-ring (bicyclic) bond motifs is 1. The summed E-state index contributed by atoms with van der Waals surface area (Å²) >= 11 is 1.68. The average molecular weight is 328 g/mol. The molecule has 0 amide bonds. The van der Waals surface area contributed by atoms with E-state index in [0.29, 0.717) is 25.5 Å². The predicted molar refractivity (Wildman–Crippen MR) is 95.2 cm³/mol. The largest absolute Gasteiger partial charge is 0.486 e. The zero-order chi connectivity index (χ0) is 16.2. The molecule has 3 rings (SSSR count). The average Bonchev–Trinajstić information content (AvgIpc) is 2.86. The fraction of sp³-hybridized carbons (Fsp3) is 0.294. The zero-order valence-electron chi connectivity index (χ0n) is 13.3. The number of hydrogen-bond acceptors (Lipinski definition) is 6. The Morgan fingerprint density at radius 1 is 1.17 bits per heavy atom. The maximum absolute atomic E-state index is 5.76. The molecule has 0 aliphatic rings. The molecule has 5 nitrogen and oxygen atoms in total. The van der Waals surface area contributed by atoms with Crippen LogP contribution in [0.2, 0.25) is 0 Å². The lowest BCUT2D eigenvalue weighted by Gasteiger charge is -2.10. The molecule has 1 aromatic carbocycles. The predicted octanol–water partition coefficient (Wildman–Crippen LogP) is 3.26. The van der Waals surface area contributed by atoms with Crippen LogP contribution in [-0.4, -0.2) is 23.1 Å². The number of para-hydroxylation sites is 1. The van der Waals surface area contributed by atoms with Gasteiger partial charge in [0.2, 0.25) is 0 Å². The van der Waals surface area contributed by atoms with Gasteiger partial charge < -0.3 is 15.8 Å². The Bertz CT molecular complexity index is 801.